The number of β-amino-alcohol motifs (C(OH)–C–C–N with tert-alkyl or cyclic N) is 1. The van der Waals surface area contributed by atoms with Gasteiger partial charge >= 0.3 is 0 Å². The number of likely N-dealkylation sites (N-methyl/N-ethyl adjacent to an activating group) is 1. The minimum Gasteiger partial charge on any atom is -0.390 e. The monoisotopic (exact) mass is 201 g/mol. The van der Waals surface area contributed by atoms with Gasteiger partial charge in [-0.15, -0.1) is 0 Å². The van der Waals surface area contributed by atoms with Crippen molar-refractivity contribution >= 4 is 0 Å². The van der Waals surface area contributed by atoms with E-state index >= 15 is 0 Å². The number of hydrogen-bond acceptors (Lipinski definition) is 4. The van der Waals surface area contributed by atoms with Crippen LogP contribution < -0.4 is 5.32 Å². The third-order valence-electron chi connectivity index (χ3n) is 2.83. The molecule has 0 bridgehead atoms. The van der Waals surface area contributed by atoms with Gasteiger partial charge in [0, 0.05) is 19.1 Å². The maximum Gasteiger partial charge on any atom is 0.0831 e. The van der Waals surface area contributed by atoms with Crippen LogP contribution in [0.5, 0.6) is 0 Å². The lowest BCUT2D eigenvalue weighted by Gasteiger charge is -2.26. The van der Waals surface area contributed by atoms with Crippen molar-refractivity contribution in [1.82, 2.24) is 15.1 Å². The highest BCUT2D eigenvalue weighted by molar-refractivity contribution is 4.87. The number of nitrogens with zero attached hydrogens (tertiary/aromatic N) is 2. The molecule has 1 heterocycles. The van der Waals surface area contributed by atoms with Crippen LogP contribution >= 0.6 is 0 Å². The Kier molecular flexibility index (Phi) is 4.81. The van der Waals surface area contributed by atoms with E-state index in [1.165, 1.54) is 0 Å². The molecule has 1 aliphatic heterocycles. The predicted molar refractivity (Wildman–Crippen MR) is 58.5 cm³/mol. The highest BCUT2D eigenvalue weighted by Crippen LogP contribution is 2.07. The van der Waals surface area contributed by atoms with E-state index in [4.69, 9.17) is 0 Å². The van der Waals surface area contributed by atoms with Crippen LogP contribution in [0.1, 0.15) is 6.42 Å². The van der Waals surface area contributed by atoms with Crippen molar-refractivity contribution in [3.05, 3.63) is 0 Å². The molecule has 4 nitrogen and oxygen atoms in total. The molecular formula is C10H23N3O. The van der Waals surface area contributed by atoms with Crippen molar-refractivity contribution < 1.29 is 5.11 Å². The van der Waals surface area contributed by atoms with Crippen LogP contribution in [0.3, 0.4) is 0 Å². The van der Waals surface area contributed by atoms with Gasteiger partial charge in [0.15, 0.2) is 0 Å². The van der Waals surface area contributed by atoms with Crippen LogP contribution in [-0.4, -0.2) is 74.4 Å². The van der Waals surface area contributed by atoms with Gasteiger partial charge in [-0.2, -0.15) is 0 Å². The lowest BCUT2D eigenvalue weighted by molar-refractivity contribution is 0.0975. The number of rotatable bonds is 5. The summed E-state index contributed by atoms with van der Waals surface area (Å²) in [5.41, 5.74) is 0. The van der Waals surface area contributed by atoms with E-state index in [9.17, 15) is 5.11 Å². The molecule has 2 atom stereocenters. The average Bonchev–Trinajstić information content (AvgIpc) is 2.50. The molecule has 84 valence electrons. The Balaban J connectivity index is 2.17. The van der Waals surface area contributed by atoms with Gasteiger partial charge in [-0.3, -0.25) is 4.90 Å². The third kappa shape index (κ3) is 3.53. The second kappa shape index (κ2) is 5.66. The molecule has 0 aromatic carbocycles. The van der Waals surface area contributed by atoms with Gasteiger partial charge in [0.1, 0.15) is 0 Å². The first-order valence-corrected chi connectivity index (χ1v) is 5.35. The summed E-state index contributed by atoms with van der Waals surface area (Å²) in [5.74, 6) is 0. The fourth-order valence-electron chi connectivity index (χ4n) is 1.90. The SMILES string of the molecule is CN(C)CCCN(C)C1CNCC1O. The van der Waals surface area contributed by atoms with Gasteiger partial charge < -0.3 is 15.3 Å². The molecule has 0 radical (unpaired) electrons. The van der Waals surface area contributed by atoms with Crippen molar-refractivity contribution in [2.45, 2.75) is 18.6 Å². The van der Waals surface area contributed by atoms with Gasteiger partial charge in [0.25, 0.3) is 0 Å². The van der Waals surface area contributed by atoms with Crippen molar-refractivity contribution in [3.8, 4) is 0 Å². The topological polar surface area (TPSA) is 38.7 Å². The van der Waals surface area contributed by atoms with Crippen molar-refractivity contribution in [3.63, 3.8) is 0 Å². The number of hydrogen-bond donors (Lipinski definition) is 2. The molecule has 1 rings (SSSR count). The van der Waals surface area contributed by atoms with Crippen LogP contribution in [-0.2, 0) is 0 Å². The molecule has 2 unspecified atom stereocenters. The van der Waals surface area contributed by atoms with E-state index in [1.54, 1.807) is 0 Å². The van der Waals surface area contributed by atoms with Gasteiger partial charge in [-0.05, 0) is 40.7 Å². The van der Waals surface area contributed by atoms with Gasteiger partial charge in [0.2, 0.25) is 0 Å². The summed E-state index contributed by atoms with van der Waals surface area (Å²) in [6.07, 6.45) is 0.964. The normalized spacial score (nSPS) is 27.9. The summed E-state index contributed by atoms with van der Waals surface area (Å²) in [5, 5.41) is 12.9. The molecule has 0 aromatic rings. The molecule has 0 spiro atoms. The standard InChI is InChI=1S/C10H23N3O/c1-12(2)5-4-6-13(3)9-7-11-8-10(9)14/h9-11,14H,4-8H2,1-3H3. The number of aliphatic hydroxyl groups is 1. The highest BCUT2D eigenvalue weighted by Gasteiger charge is 2.27. The van der Waals surface area contributed by atoms with Crippen molar-refractivity contribution in [1.29, 1.82) is 0 Å². The first kappa shape index (κ1) is 11.9. The van der Waals surface area contributed by atoms with E-state index in [-0.39, 0.29) is 6.10 Å². The summed E-state index contributed by atoms with van der Waals surface area (Å²) in [4.78, 5) is 4.45. The van der Waals surface area contributed by atoms with Crippen molar-refractivity contribution in [2.24, 2.45) is 0 Å². The first-order chi connectivity index (χ1) is 6.61. The first-order valence-electron chi connectivity index (χ1n) is 5.35. The van der Waals surface area contributed by atoms with E-state index < -0.39 is 0 Å². The summed E-state index contributed by atoms with van der Waals surface area (Å²) in [6.45, 7) is 3.82. The molecule has 0 aromatic heterocycles. The second-order valence-electron chi connectivity index (χ2n) is 4.43. The van der Waals surface area contributed by atoms with Gasteiger partial charge in [-0.25, -0.2) is 0 Å². The number of nitrogens with one attached hydrogen (secondary N) is 1. The maximum atomic E-state index is 9.65. The Morgan fingerprint density at radius 1 is 1.21 bits per heavy atom. The fraction of sp³-hybridized carbons (Fsp3) is 1.00. The quantitative estimate of drug-likeness (QED) is 0.611. The van der Waals surface area contributed by atoms with E-state index in [2.05, 4.69) is 36.3 Å². The Bertz CT molecular complexity index is 163. The molecular weight excluding hydrogens is 178 g/mol. The lowest BCUT2D eigenvalue weighted by Crippen LogP contribution is -2.41. The predicted octanol–water partition coefficient (Wildman–Crippen LogP) is -0.797. The molecule has 0 aliphatic carbocycles. The molecule has 14 heavy (non-hydrogen) atoms. The van der Waals surface area contributed by atoms with Crippen LogP contribution in [0.15, 0.2) is 0 Å². The zero-order valence-corrected chi connectivity index (χ0v) is 9.53. The molecule has 0 amide bonds. The summed E-state index contributed by atoms with van der Waals surface area (Å²) in [6, 6.07) is 0.303. The zero-order chi connectivity index (χ0) is 10.6. The lowest BCUT2D eigenvalue weighted by atomic mass is 10.2. The van der Waals surface area contributed by atoms with E-state index in [0.29, 0.717) is 6.04 Å². The highest BCUT2D eigenvalue weighted by atomic mass is 16.3. The third-order valence-corrected chi connectivity index (χ3v) is 2.83. The minimum absolute atomic E-state index is 0.195. The summed E-state index contributed by atoms with van der Waals surface area (Å²) in [7, 11) is 6.27. The van der Waals surface area contributed by atoms with Crippen LogP contribution in [0.25, 0.3) is 0 Å². The van der Waals surface area contributed by atoms with Crippen LogP contribution in [0.4, 0.5) is 0 Å². The largest absolute Gasteiger partial charge is 0.390 e. The van der Waals surface area contributed by atoms with Gasteiger partial charge in [0.05, 0.1) is 6.10 Å². The van der Waals surface area contributed by atoms with E-state index in [1.807, 2.05) is 0 Å². The molecule has 1 saturated heterocycles. The van der Waals surface area contributed by atoms with E-state index in [0.717, 1.165) is 32.6 Å². The van der Waals surface area contributed by atoms with Crippen LogP contribution in [0.2, 0.25) is 0 Å². The Morgan fingerprint density at radius 2 is 1.93 bits per heavy atom. The fourth-order valence-corrected chi connectivity index (χ4v) is 1.90. The second-order valence-corrected chi connectivity index (χ2v) is 4.43. The van der Waals surface area contributed by atoms with Crippen LogP contribution in [0, 0.1) is 0 Å². The zero-order valence-electron chi connectivity index (χ0n) is 9.53. The molecule has 2 N–H and O–H groups in total. The Morgan fingerprint density at radius 3 is 2.43 bits per heavy atom. The Labute approximate surface area is 86.9 Å². The smallest absolute Gasteiger partial charge is 0.0831 e. The molecule has 0 saturated carbocycles. The molecule has 1 aliphatic rings. The molecule has 1 fully saturated rings. The summed E-state index contributed by atoms with van der Waals surface area (Å²) >= 11 is 0. The minimum atomic E-state index is -0.195. The Hall–Kier alpha value is -0.160. The van der Waals surface area contributed by atoms with Gasteiger partial charge in [-0.1, -0.05) is 0 Å². The average molecular weight is 201 g/mol. The number of aliphatic hydroxyl groups excluding tert-OH is 1. The summed E-state index contributed by atoms with van der Waals surface area (Å²) < 4.78 is 0. The maximum absolute atomic E-state index is 9.65. The van der Waals surface area contributed by atoms with Crippen molar-refractivity contribution in [2.75, 3.05) is 47.3 Å². The molecule has 4 heteroatoms.